The number of carbonyl (C=O) groups excluding carboxylic acids is 1. The van der Waals surface area contributed by atoms with Gasteiger partial charge in [-0.15, -0.1) is 11.3 Å². The second kappa shape index (κ2) is 6.80. The summed E-state index contributed by atoms with van der Waals surface area (Å²) in [6.07, 6.45) is -4.97. The van der Waals surface area contributed by atoms with Crippen molar-refractivity contribution >= 4 is 17.4 Å². The molecule has 4 nitrogen and oxygen atoms in total. The largest absolute Gasteiger partial charge is 0.444 e. The zero-order valence-corrected chi connectivity index (χ0v) is 14.2. The first-order chi connectivity index (χ1) is 11.0. The predicted octanol–water partition coefficient (Wildman–Crippen LogP) is 4.85. The SMILES string of the molecule is CC(C)(C)OC(=O)NCc1ccc(-c2nc(C(F)(F)F)cs2)cc1. The van der Waals surface area contributed by atoms with E-state index in [-0.39, 0.29) is 6.54 Å². The molecule has 1 heterocycles. The molecule has 2 rings (SSSR count). The Balaban J connectivity index is 1.98. The quantitative estimate of drug-likeness (QED) is 0.853. The Hall–Kier alpha value is -2.09. The molecular weight excluding hydrogens is 341 g/mol. The van der Waals surface area contributed by atoms with Gasteiger partial charge in [0.05, 0.1) is 0 Å². The number of carbonyl (C=O) groups is 1. The van der Waals surface area contributed by atoms with Crippen LogP contribution in [0.25, 0.3) is 10.6 Å². The van der Waals surface area contributed by atoms with Crippen molar-refractivity contribution in [1.82, 2.24) is 10.3 Å². The number of alkyl halides is 3. The standard InChI is InChI=1S/C16H17F3N2O2S/c1-15(2,3)23-14(22)20-8-10-4-6-11(7-5-10)13-21-12(9-24-13)16(17,18)19/h4-7,9H,8H2,1-3H3,(H,20,22). The van der Waals surface area contributed by atoms with Gasteiger partial charge in [0, 0.05) is 17.5 Å². The first-order valence-corrected chi connectivity index (χ1v) is 8.01. The van der Waals surface area contributed by atoms with E-state index in [2.05, 4.69) is 10.3 Å². The summed E-state index contributed by atoms with van der Waals surface area (Å²) in [7, 11) is 0. The van der Waals surface area contributed by atoms with E-state index in [1.165, 1.54) is 0 Å². The van der Waals surface area contributed by atoms with Crippen molar-refractivity contribution in [1.29, 1.82) is 0 Å². The van der Waals surface area contributed by atoms with Crippen LogP contribution in [0.4, 0.5) is 18.0 Å². The minimum absolute atomic E-state index is 0.265. The first-order valence-electron chi connectivity index (χ1n) is 7.13. The summed E-state index contributed by atoms with van der Waals surface area (Å²) in [5.41, 5.74) is -0.0680. The molecule has 8 heteroatoms. The van der Waals surface area contributed by atoms with Crippen LogP contribution in [0.1, 0.15) is 32.0 Å². The molecular formula is C16H17F3N2O2S. The number of amides is 1. The van der Waals surface area contributed by atoms with Gasteiger partial charge in [-0.2, -0.15) is 13.2 Å². The maximum absolute atomic E-state index is 12.6. The van der Waals surface area contributed by atoms with Crippen LogP contribution < -0.4 is 5.32 Å². The summed E-state index contributed by atoms with van der Waals surface area (Å²) >= 11 is 0.939. The molecule has 0 spiro atoms. The second-order valence-electron chi connectivity index (χ2n) is 6.09. The van der Waals surface area contributed by atoms with Crippen molar-refractivity contribution in [2.24, 2.45) is 0 Å². The number of nitrogens with one attached hydrogen (secondary N) is 1. The van der Waals surface area contributed by atoms with Gasteiger partial charge in [0.25, 0.3) is 0 Å². The van der Waals surface area contributed by atoms with Gasteiger partial charge >= 0.3 is 12.3 Å². The number of rotatable bonds is 3. The number of alkyl carbamates (subject to hydrolysis) is 1. The van der Waals surface area contributed by atoms with Gasteiger partial charge < -0.3 is 10.1 Å². The average molecular weight is 358 g/mol. The van der Waals surface area contributed by atoms with E-state index in [0.29, 0.717) is 10.6 Å². The normalized spacial score (nSPS) is 12.1. The number of nitrogens with zero attached hydrogens (tertiary/aromatic N) is 1. The van der Waals surface area contributed by atoms with Crippen molar-refractivity contribution in [2.45, 2.75) is 39.1 Å². The zero-order chi connectivity index (χ0) is 18.0. The van der Waals surface area contributed by atoms with Crippen molar-refractivity contribution in [3.63, 3.8) is 0 Å². The van der Waals surface area contributed by atoms with Crippen LogP contribution in [0.2, 0.25) is 0 Å². The fraction of sp³-hybridized carbons (Fsp3) is 0.375. The lowest BCUT2D eigenvalue weighted by molar-refractivity contribution is -0.140. The molecule has 1 N–H and O–H groups in total. The number of halogens is 3. The molecule has 1 amide bonds. The molecule has 0 saturated carbocycles. The Morgan fingerprint density at radius 2 is 1.83 bits per heavy atom. The highest BCUT2D eigenvalue weighted by molar-refractivity contribution is 7.13. The van der Waals surface area contributed by atoms with Crippen LogP contribution in [-0.4, -0.2) is 16.7 Å². The van der Waals surface area contributed by atoms with Crippen molar-refractivity contribution in [2.75, 3.05) is 0 Å². The van der Waals surface area contributed by atoms with Crippen LogP contribution >= 0.6 is 11.3 Å². The molecule has 24 heavy (non-hydrogen) atoms. The number of hydrogen-bond acceptors (Lipinski definition) is 4. The minimum Gasteiger partial charge on any atom is -0.444 e. The molecule has 0 atom stereocenters. The highest BCUT2D eigenvalue weighted by Crippen LogP contribution is 2.33. The Bertz CT molecular complexity index is 703. The summed E-state index contributed by atoms with van der Waals surface area (Å²) in [5.74, 6) is 0. The van der Waals surface area contributed by atoms with Crippen molar-refractivity contribution in [3.8, 4) is 10.6 Å². The van der Waals surface area contributed by atoms with E-state index in [1.54, 1.807) is 45.0 Å². The Kier molecular flexibility index (Phi) is 5.17. The Morgan fingerprint density at radius 3 is 2.33 bits per heavy atom. The van der Waals surface area contributed by atoms with E-state index >= 15 is 0 Å². The third-order valence-corrected chi connectivity index (χ3v) is 3.72. The lowest BCUT2D eigenvalue weighted by Crippen LogP contribution is -2.32. The van der Waals surface area contributed by atoms with Crippen molar-refractivity contribution < 1.29 is 22.7 Å². The molecule has 0 radical (unpaired) electrons. The molecule has 1 aromatic heterocycles. The number of thiazole rings is 1. The van der Waals surface area contributed by atoms with Crippen LogP contribution in [0.5, 0.6) is 0 Å². The first kappa shape index (κ1) is 18.3. The van der Waals surface area contributed by atoms with Gasteiger partial charge in [-0.3, -0.25) is 0 Å². The zero-order valence-electron chi connectivity index (χ0n) is 13.4. The topological polar surface area (TPSA) is 51.2 Å². The van der Waals surface area contributed by atoms with Gasteiger partial charge in [-0.05, 0) is 26.3 Å². The molecule has 1 aromatic carbocycles. The minimum atomic E-state index is -4.44. The van der Waals surface area contributed by atoms with E-state index in [9.17, 15) is 18.0 Å². The molecule has 0 bridgehead atoms. The summed E-state index contributed by atoms with van der Waals surface area (Å²) < 4.78 is 42.8. The fourth-order valence-corrected chi connectivity index (χ4v) is 2.62. The number of hydrogen-bond donors (Lipinski definition) is 1. The summed E-state index contributed by atoms with van der Waals surface area (Å²) in [6.45, 7) is 5.57. The monoisotopic (exact) mass is 358 g/mol. The smallest absolute Gasteiger partial charge is 0.434 e. The van der Waals surface area contributed by atoms with Gasteiger partial charge in [0.2, 0.25) is 0 Å². The lowest BCUT2D eigenvalue weighted by atomic mass is 10.1. The lowest BCUT2D eigenvalue weighted by Gasteiger charge is -2.19. The van der Waals surface area contributed by atoms with Crippen molar-refractivity contribution in [3.05, 3.63) is 40.9 Å². The Labute approximate surface area is 141 Å². The third-order valence-electron chi connectivity index (χ3n) is 2.83. The van der Waals surface area contributed by atoms with Gasteiger partial charge in [-0.1, -0.05) is 24.3 Å². The number of ether oxygens (including phenoxy) is 1. The molecule has 0 aliphatic rings. The summed E-state index contributed by atoms with van der Waals surface area (Å²) in [4.78, 5) is 15.2. The average Bonchev–Trinajstić information content (AvgIpc) is 2.93. The molecule has 2 aromatic rings. The highest BCUT2D eigenvalue weighted by Gasteiger charge is 2.33. The maximum Gasteiger partial charge on any atom is 0.434 e. The third kappa shape index (κ3) is 5.23. The Morgan fingerprint density at radius 1 is 1.21 bits per heavy atom. The highest BCUT2D eigenvalue weighted by atomic mass is 32.1. The molecule has 0 fully saturated rings. The number of benzene rings is 1. The van der Waals surface area contributed by atoms with E-state index in [1.807, 2.05) is 0 Å². The fourth-order valence-electron chi connectivity index (χ4n) is 1.79. The molecule has 0 saturated heterocycles. The van der Waals surface area contributed by atoms with Gasteiger partial charge in [-0.25, -0.2) is 9.78 Å². The second-order valence-corrected chi connectivity index (χ2v) is 6.95. The molecule has 130 valence electrons. The van der Waals surface area contributed by atoms with E-state index < -0.39 is 23.6 Å². The van der Waals surface area contributed by atoms with Gasteiger partial charge in [0.15, 0.2) is 5.69 Å². The van der Waals surface area contributed by atoms with E-state index in [0.717, 1.165) is 22.3 Å². The molecule has 0 aliphatic carbocycles. The summed E-state index contributed by atoms with van der Waals surface area (Å²) in [6, 6.07) is 6.79. The van der Waals surface area contributed by atoms with Crippen LogP contribution in [0.15, 0.2) is 29.6 Å². The predicted molar refractivity (Wildman–Crippen MR) is 85.6 cm³/mol. The molecule has 0 aliphatic heterocycles. The van der Waals surface area contributed by atoms with Gasteiger partial charge in [0.1, 0.15) is 10.6 Å². The molecule has 0 unspecified atom stereocenters. The van der Waals surface area contributed by atoms with Crippen LogP contribution in [0.3, 0.4) is 0 Å². The maximum atomic E-state index is 12.6. The van der Waals surface area contributed by atoms with Crippen LogP contribution in [-0.2, 0) is 17.5 Å². The number of aromatic nitrogens is 1. The van der Waals surface area contributed by atoms with E-state index in [4.69, 9.17) is 4.74 Å². The van der Waals surface area contributed by atoms with Crippen LogP contribution in [0, 0.1) is 0 Å². The summed E-state index contributed by atoms with van der Waals surface area (Å²) in [5, 5.41) is 3.91.